The Morgan fingerprint density at radius 2 is 2.04 bits per heavy atom. The molecule has 6 nitrogen and oxygen atoms in total. The minimum Gasteiger partial charge on any atom is -0.359 e. The van der Waals surface area contributed by atoms with Crippen LogP contribution in [-0.2, 0) is 17.6 Å². The van der Waals surface area contributed by atoms with Crippen molar-refractivity contribution in [2.45, 2.75) is 19.8 Å². The Morgan fingerprint density at radius 3 is 2.73 bits per heavy atom. The summed E-state index contributed by atoms with van der Waals surface area (Å²) in [6.45, 7) is 2.31. The van der Waals surface area contributed by atoms with E-state index in [1.165, 1.54) is 23.0 Å². The van der Waals surface area contributed by atoms with Crippen molar-refractivity contribution < 1.29 is 17.9 Å². The van der Waals surface area contributed by atoms with Gasteiger partial charge in [-0.2, -0.15) is 13.2 Å². The van der Waals surface area contributed by atoms with Crippen molar-refractivity contribution in [2.75, 3.05) is 6.61 Å². The first kappa shape index (κ1) is 18.3. The standard InChI is InChI=1S/C16H13ClF3N5O/c1-2-26-9-25-14(12-6-7-21-15(17)22-12)13(23-24-25)10-4-3-5-11(8-10)16(18,19)20/h3-8H,2,9H2,1H3. The highest BCUT2D eigenvalue weighted by atomic mass is 35.5. The molecule has 0 spiro atoms. The summed E-state index contributed by atoms with van der Waals surface area (Å²) in [4.78, 5) is 7.93. The monoisotopic (exact) mass is 383 g/mol. The molecule has 0 aliphatic carbocycles. The largest absolute Gasteiger partial charge is 0.416 e. The van der Waals surface area contributed by atoms with Gasteiger partial charge < -0.3 is 4.74 Å². The Kier molecular flexibility index (Phi) is 5.19. The molecular formula is C16H13ClF3N5O. The topological polar surface area (TPSA) is 65.7 Å². The van der Waals surface area contributed by atoms with Crippen molar-refractivity contribution in [3.8, 4) is 22.6 Å². The van der Waals surface area contributed by atoms with Gasteiger partial charge in [0.1, 0.15) is 18.1 Å². The number of halogens is 4. The smallest absolute Gasteiger partial charge is 0.359 e. The molecule has 0 aliphatic heterocycles. The summed E-state index contributed by atoms with van der Waals surface area (Å²) < 4.78 is 45.9. The maximum absolute atomic E-state index is 13.0. The van der Waals surface area contributed by atoms with E-state index < -0.39 is 11.7 Å². The maximum Gasteiger partial charge on any atom is 0.416 e. The Labute approximate surface area is 151 Å². The zero-order chi connectivity index (χ0) is 18.7. The molecule has 0 radical (unpaired) electrons. The number of ether oxygens (including phenoxy) is 1. The van der Waals surface area contributed by atoms with E-state index in [-0.39, 0.29) is 23.3 Å². The van der Waals surface area contributed by atoms with Gasteiger partial charge >= 0.3 is 6.18 Å². The summed E-state index contributed by atoms with van der Waals surface area (Å²) in [6.07, 6.45) is -3.02. The first-order chi connectivity index (χ1) is 12.4. The van der Waals surface area contributed by atoms with Crippen molar-refractivity contribution >= 4 is 11.6 Å². The minimum atomic E-state index is -4.46. The van der Waals surface area contributed by atoms with Gasteiger partial charge in [-0.3, -0.25) is 0 Å². The van der Waals surface area contributed by atoms with Gasteiger partial charge in [0.2, 0.25) is 5.28 Å². The number of hydrogen-bond donors (Lipinski definition) is 0. The second kappa shape index (κ2) is 7.38. The van der Waals surface area contributed by atoms with Gasteiger partial charge in [-0.25, -0.2) is 14.6 Å². The summed E-state index contributed by atoms with van der Waals surface area (Å²) in [7, 11) is 0. The fourth-order valence-corrected chi connectivity index (χ4v) is 2.49. The molecule has 0 saturated heterocycles. The fraction of sp³-hybridized carbons (Fsp3) is 0.250. The molecule has 26 heavy (non-hydrogen) atoms. The van der Waals surface area contributed by atoms with Crippen LogP contribution in [0.4, 0.5) is 13.2 Å². The Morgan fingerprint density at radius 1 is 1.23 bits per heavy atom. The van der Waals surface area contributed by atoms with Gasteiger partial charge in [0.25, 0.3) is 0 Å². The van der Waals surface area contributed by atoms with E-state index in [0.29, 0.717) is 18.0 Å². The van der Waals surface area contributed by atoms with Gasteiger partial charge in [0.15, 0.2) is 0 Å². The summed E-state index contributed by atoms with van der Waals surface area (Å²) in [5.74, 6) is 0. The van der Waals surface area contributed by atoms with Gasteiger partial charge in [-0.05, 0) is 36.7 Å². The van der Waals surface area contributed by atoms with Crippen LogP contribution in [0.3, 0.4) is 0 Å². The van der Waals surface area contributed by atoms with Crippen molar-refractivity contribution in [1.82, 2.24) is 25.0 Å². The van der Waals surface area contributed by atoms with Crippen LogP contribution >= 0.6 is 11.6 Å². The third-order valence-corrected chi connectivity index (χ3v) is 3.67. The van der Waals surface area contributed by atoms with Crippen molar-refractivity contribution in [3.05, 3.63) is 47.4 Å². The molecule has 2 heterocycles. The SMILES string of the molecule is CCOCn1nnc(-c2cccc(C(F)(F)F)c2)c1-c1ccnc(Cl)n1. The highest BCUT2D eigenvalue weighted by Crippen LogP contribution is 2.34. The quantitative estimate of drug-likeness (QED) is 0.621. The number of hydrogen-bond acceptors (Lipinski definition) is 5. The predicted molar refractivity (Wildman–Crippen MR) is 88.1 cm³/mol. The van der Waals surface area contributed by atoms with Crippen LogP contribution in [0.15, 0.2) is 36.5 Å². The van der Waals surface area contributed by atoms with Crippen molar-refractivity contribution in [3.63, 3.8) is 0 Å². The molecular weight excluding hydrogens is 371 g/mol. The van der Waals surface area contributed by atoms with E-state index in [9.17, 15) is 13.2 Å². The minimum absolute atomic E-state index is 0.00153. The molecule has 0 amide bonds. The highest BCUT2D eigenvalue weighted by Gasteiger charge is 2.31. The molecule has 1 aromatic carbocycles. The van der Waals surface area contributed by atoms with E-state index in [0.717, 1.165) is 12.1 Å². The molecule has 0 unspecified atom stereocenters. The molecule has 0 aliphatic rings. The highest BCUT2D eigenvalue weighted by molar-refractivity contribution is 6.28. The van der Waals surface area contributed by atoms with Crippen molar-refractivity contribution in [1.29, 1.82) is 0 Å². The first-order valence-electron chi connectivity index (χ1n) is 7.58. The Balaban J connectivity index is 2.15. The fourth-order valence-electron chi connectivity index (χ4n) is 2.34. The molecule has 0 bridgehead atoms. The second-order valence-corrected chi connectivity index (χ2v) is 5.54. The first-order valence-corrected chi connectivity index (χ1v) is 7.95. The molecule has 136 valence electrons. The number of nitrogens with zero attached hydrogens (tertiary/aromatic N) is 5. The molecule has 0 atom stereocenters. The van der Waals surface area contributed by atoms with Gasteiger partial charge in [-0.15, -0.1) is 5.10 Å². The maximum atomic E-state index is 13.0. The summed E-state index contributed by atoms with van der Waals surface area (Å²) in [6, 6.07) is 6.42. The predicted octanol–water partition coefficient (Wildman–Crippen LogP) is 4.07. The van der Waals surface area contributed by atoms with Gasteiger partial charge in [-0.1, -0.05) is 17.3 Å². The zero-order valence-corrected chi connectivity index (χ0v) is 14.3. The molecule has 3 aromatic rings. The third-order valence-electron chi connectivity index (χ3n) is 3.48. The lowest BCUT2D eigenvalue weighted by atomic mass is 10.0. The Hall–Kier alpha value is -2.52. The summed E-state index contributed by atoms with van der Waals surface area (Å²) in [5, 5.41) is 8.02. The van der Waals surface area contributed by atoms with E-state index in [1.54, 1.807) is 6.07 Å². The average Bonchev–Trinajstić information content (AvgIpc) is 3.03. The van der Waals surface area contributed by atoms with Crippen LogP contribution < -0.4 is 0 Å². The lowest BCUT2D eigenvalue weighted by Crippen LogP contribution is -2.07. The normalized spacial score (nSPS) is 11.7. The molecule has 0 fully saturated rings. The molecule has 10 heteroatoms. The lowest BCUT2D eigenvalue weighted by molar-refractivity contribution is -0.137. The van der Waals surface area contributed by atoms with E-state index in [2.05, 4.69) is 20.3 Å². The molecule has 3 rings (SSSR count). The van der Waals surface area contributed by atoms with Gasteiger partial charge in [0, 0.05) is 18.4 Å². The van der Waals surface area contributed by atoms with Crippen LogP contribution in [0.25, 0.3) is 22.6 Å². The van der Waals surface area contributed by atoms with Gasteiger partial charge in [0.05, 0.1) is 11.3 Å². The van der Waals surface area contributed by atoms with Crippen LogP contribution in [0.2, 0.25) is 5.28 Å². The lowest BCUT2D eigenvalue weighted by Gasteiger charge is -2.10. The molecule has 0 saturated carbocycles. The number of benzene rings is 1. The van der Waals surface area contributed by atoms with Crippen molar-refractivity contribution in [2.24, 2.45) is 0 Å². The van der Waals surface area contributed by atoms with Crippen LogP contribution in [0, 0.1) is 0 Å². The van der Waals surface area contributed by atoms with Crippen LogP contribution in [0.1, 0.15) is 12.5 Å². The second-order valence-electron chi connectivity index (χ2n) is 5.20. The molecule has 0 N–H and O–H groups in total. The Bertz CT molecular complexity index is 913. The van der Waals surface area contributed by atoms with E-state index in [1.807, 2.05) is 6.92 Å². The van der Waals surface area contributed by atoms with E-state index >= 15 is 0 Å². The number of alkyl halides is 3. The summed E-state index contributed by atoms with van der Waals surface area (Å²) in [5.41, 5.74) is 0.489. The van der Waals surface area contributed by atoms with E-state index in [4.69, 9.17) is 16.3 Å². The zero-order valence-electron chi connectivity index (χ0n) is 13.5. The number of aromatic nitrogens is 5. The molecule has 2 aromatic heterocycles. The number of rotatable bonds is 5. The average molecular weight is 384 g/mol. The van der Waals surface area contributed by atoms with Crippen LogP contribution in [-0.4, -0.2) is 31.6 Å². The third kappa shape index (κ3) is 3.83. The van der Waals surface area contributed by atoms with Crippen LogP contribution in [0.5, 0.6) is 0 Å². The summed E-state index contributed by atoms with van der Waals surface area (Å²) >= 11 is 5.85.